The summed E-state index contributed by atoms with van der Waals surface area (Å²) in [5, 5.41) is 13.1. The molecule has 1 aromatic carbocycles. The number of nitrogens with zero attached hydrogens (tertiary/aromatic N) is 5. The maximum Gasteiger partial charge on any atom is 0.164 e. The zero-order valence-corrected chi connectivity index (χ0v) is 18.3. The summed E-state index contributed by atoms with van der Waals surface area (Å²) in [6.07, 6.45) is 3.27. The maximum atomic E-state index is 9.75. The molecule has 0 radical (unpaired) electrons. The number of aromatic nitrogens is 3. The fourth-order valence-corrected chi connectivity index (χ4v) is 5.06. The quantitative estimate of drug-likeness (QED) is 0.517. The topological polar surface area (TPSA) is 65.4 Å². The van der Waals surface area contributed by atoms with Crippen molar-refractivity contribution in [3.63, 3.8) is 0 Å². The van der Waals surface area contributed by atoms with Crippen LogP contribution in [0.5, 0.6) is 0 Å². The average molecular weight is 432 g/mol. The van der Waals surface area contributed by atoms with Gasteiger partial charge in [-0.3, -0.25) is 9.88 Å². The third kappa shape index (κ3) is 4.17. The number of pyridine rings is 1. The van der Waals surface area contributed by atoms with Crippen LogP contribution >= 0.6 is 11.3 Å². The standard InChI is InChI=1S/C24H25N5OS/c1-17(30)15-28-10-12-29(13-11-28)23-21-20(18-6-3-2-4-7-18)16-31-24(21)27-22(26-23)19-8-5-9-25-14-19/h2-9,14,16-17,30H,10-13,15H2,1H3. The Hall–Kier alpha value is -2.87. The zero-order valence-electron chi connectivity index (χ0n) is 17.5. The first-order valence-corrected chi connectivity index (χ1v) is 11.5. The van der Waals surface area contributed by atoms with E-state index < -0.39 is 0 Å². The van der Waals surface area contributed by atoms with Crippen molar-refractivity contribution < 1.29 is 5.11 Å². The van der Waals surface area contributed by atoms with Crippen molar-refractivity contribution in [2.45, 2.75) is 13.0 Å². The monoisotopic (exact) mass is 431 g/mol. The zero-order chi connectivity index (χ0) is 21.2. The predicted molar refractivity (Wildman–Crippen MR) is 126 cm³/mol. The molecule has 1 aliphatic heterocycles. The summed E-state index contributed by atoms with van der Waals surface area (Å²) in [4.78, 5) is 19.9. The van der Waals surface area contributed by atoms with Gasteiger partial charge in [0.25, 0.3) is 0 Å². The second kappa shape index (κ2) is 8.70. The van der Waals surface area contributed by atoms with Crippen LogP contribution in [-0.4, -0.2) is 63.8 Å². The number of aliphatic hydroxyl groups is 1. The number of fused-ring (bicyclic) bond motifs is 1. The minimum atomic E-state index is -0.309. The molecule has 7 heteroatoms. The molecule has 0 aliphatic carbocycles. The lowest BCUT2D eigenvalue weighted by molar-refractivity contribution is 0.122. The molecule has 6 nitrogen and oxygen atoms in total. The van der Waals surface area contributed by atoms with Crippen LogP contribution in [0.2, 0.25) is 0 Å². The number of β-amino-alcohol motifs (C(OH)–C–C–N with tert-alkyl or cyclic N) is 1. The Morgan fingerprint density at radius 1 is 1.00 bits per heavy atom. The van der Waals surface area contributed by atoms with E-state index in [1.54, 1.807) is 17.5 Å². The van der Waals surface area contributed by atoms with Gasteiger partial charge in [-0.2, -0.15) is 0 Å². The van der Waals surface area contributed by atoms with Crippen LogP contribution in [0.1, 0.15) is 6.92 Å². The van der Waals surface area contributed by atoms with Gasteiger partial charge in [-0.15, -0.1) is 11.3 Å². The van der Waals surface area contributed by atoms with Gasteiger partial charge in [0.2, 0.25) is 0 Å². The number of hydrogen-bond acceptors (Lipinski definition) is 7. The second-order valence-corrected chi connectivity index (χ2v) is 8.80. The van der Waals surface area contributed by atoms with Gasteiger partial charge in [0, 0.05) is 61.6 Å². The van der Waals surface area contributed by atoms with Gasteiger partial charge in [-0.1, -0.05) is 30.3 Å². The molecule has 0 spiro atoms. The van der Waals surface area contributed by atoms with Crippen molar-refractivity contribution in [2.75, 3.05) is 37.6 Å². The molecule has 0 bridgehead atoms. The van der Waals surface area contributed by atoms with Gasteiger partial charge in [0.15, 0.2) is 5.82 Å². The number of aliphatic hydroxyl groups excluding tert-OH is 1. The molecule has 1 atom stereocenters. The summed E-state index contributed by atoms with van der Waals surface area (Å²) in [6, 6.07) is 14.4. The third-order valence-electron chi connectivity index (χ3n) is 5.61. The van der Waals surface area contributed by atoms with Crippen LogP contribution in [0.15, 0.2) is 60.2 Å². The molecule has 1 N–H and O–H groups in total. The molecule has 31 heavy (non-hydrogen) atoms. The molecule has 0 amide bonds. The smallest absolute Gasteiger partial charge is 0.164 e. The molecule has 4 heterocycles. The Morgan fingerprint density at radius 2 is 1.77 bits per heavy atom. The molecular weight excluding hydrogens is 406 g/mol. The average Bonchev–Trinajstić information content (AvgIpc) is 3.24. The lowest BCUT2D eigenvalue weighted by atomic mass is 10.1. The molecule has 1 fully saturated rings. The fraction of sp³-hybridized carbons (Fsp3) is 0.292. The van der Waals surface area contributed by atoms with Crippen molar-refractivity contribution >= 4 is 27.4 Å². The molecule has 1 saturated heterocycles. The van der Waals surface area contributed by atoms with E-state index >= 15 is 0 Å². The predicted octanol–water partition coefficient (Wildman–Crippen LogP) is 3.92. The third-order valence-corrected chi connectivity index (χ3v) is 6.49. The van der Waals surface area contributed by atoms with E-state index in [1.165, 1.54) is 11.1 Å². The summed E-state index contributed by atoms with van der Waals surface area (Å²) < 4.78 is 0. The van der Waals surface area contributed by atoms with E-state index in [4.69, 9.17) is 9.97 Å². The largest absolute Gasteiger partial charge is 0.392 e. The van der Waals surface area contributed by atoms with Crippen LogP contribution in [-0.2, 0) is 0 Å². The lowest BCUT2D eigenvalue weighted by Crippen LogP contribution is -2.48. The molecule has 5 rings (SSSR count). The first-order chi connectivity index (χ1) is 15.2. The van der Waals surface area contributed by atoms with Crippen molar-refractivity contribution in [1.29, 1.82) is 0 Å². The highest BCUT2D eigenvalue weighted by molar-refractivity contribution is 7.17. The number of piperazine rings is 1. The van der Waals surface area contributed by atoms with Crippen LogP contribution in [0.25, 0.3) is 32.7 Å². The first-order valence-electron chi connectivity index (χ1n) is 10.6. The van der Waals surface area contributed by atoms with Crippen molar-refractivity contribution in [2.24, 2.45) is 0 Å². The number of thiophene rings is 1. The Kier molecular flexibility index (Phi) is 5.63. The van der Waals surface area contributed by atoms with E-state index in [2.05, 4.69) is 44.4 Å². The van der Waals surface area contributed by atoms with Crippen LogP contribution in [0.3, 0.4) is 0 Å². The Morgan fingerprint density at radius 3 is 2.48 bits per heavy atom. The number of benzene rings is 1. The molecule has 3 aromatic heterocycles. The van der Waals surface area contributed by atoms with Crippen molar-refractivity contribution in [3.05, 3.63) is 60.2 Å². The van der Waals surface area contributed by atoms with Crippen molar-refractivity contribution in [1.82, 2.24) is 19.9 Å². The van der Waals surface area contributed by atoms with E-state index in [9.17, 15) is 5.11 Å². The normalized spacial score (nSPS) is 16.0. The van der Waals surface area contributed by atoms with Gasteiger partial charge in [-0.25, -0.2) is 9.97 Å². The highest BCUT2D eigenvalue weighted by Gasteiger charge is 2.24. The van der Waals surface area contributed by atoms with Gasteiger partial charge in [-0.05, 0) is 24.6 Å². The van der Waals surface area contributed by atoms with E-state index in [-0.39, 0.29) is 6.10 Å². The van der Waals surface area contributed by atoms with E-state index in [0.29, 0.717) is 12.4 Å². The number of hydrogen-bond donors (Lipinski definition) is 1. The minimum absolute atomic E-state index is 0.309. The Balaban J connectivity index is 1.59. The highest BCUT2D eigenvalue weighted by Crippen LogP contribution is 2.39. The molecule has 0 saturated carbocycles. The van der Waals surface area contributed by atoms with Gasteiger partial charge >= 0.3 is 0 Å². The molecule has 4 aromatic rings. The summed E-state index contributed by atoms with van der Waals surface area (Å²) >= 11 is 1.66. The highest BCUT2D eigenvalue weighted by atomic mass is 32.1. The van der Waals surface area contributed by atoms with Gasteiger partial charge < -0.3 is 10.0 Å². The summed E-state index contributed by atoms with van der Waals surface area (Å²) in [5.74, 6) is 1.70. The van der Waals surface area contributed by atoms with Gasteiger partial charge in [0.1, 0.15) is 10.6 Å². The van der Waals surface area contributed by atoms with Crippen molar-refractivity contribution in [3.8, 4) is 22.5 Å². The maximum absolute atomic E-state index is 9.75. The fourth-order valence-electron chi connectivity index (χ4n) is 4.12. The first kappa shape index (κ1) is 20.1. The molecular formula is C24H25N5OS. The molecule has 1 aliphatic rings. The summed E-state index contributed by atoms with van der Waals surface area (Å²) in [6.45, 7) is 6.11. The summed E-state index contributed by atoms with van der Waals surface area (Å²) in [5.41, 5.74) is 3.29. The number of rotatable bonds is 5. The summed E-state index contributed by atoms with van der Waals surface area (Å²) in [7, 11) is 0. The second-order valence-electron chi connectivity index (χ2n) is 7.94. The van der Waals surface area contributed by atoms with Crippen LogP contribution in [0.4, 0.5) is 5.82 Å². The van der Waals surface area contributed by atoms with Crippen LogP contribution in [0, 0.1) is 0 Å². The Bertz CT molecular complexity index is 1150. The molecule has 158 valence electrons. The number of anilines is 1. The van der Waals surface area contributed by atoms with Crippen LogP contribution < -0.4 is 4.90 Å². The van der Waals surface area contributed by atoms with E-state index in [0.717, 1.165) is 47.8 Å². The Labute approximate surface area is 185 Å². The minimum Gasteiger partial charge on any atom is -0.392 e. The molecule has 1 unspecified atom stereocenters. The van der Waals surface area contributed by atoms with Gasteiger partial charge in [0.05, 0.1) is 11.5 Å². The SMILES string of the molecule is CC(O)CN1CCN(c2nc(-c3cccnc3)nc3scc(-c4ccccc4)c23)CC1. The lowest BCUT2D eigenvalue weighted by Gasteiger charge is -2.36. The van der Waals surface area contributed by atoms with E-state index in [1.807, 2.05) is 31.3 Å².